The molecule has 0 aliphatic carbocycles. The highest BCUT2D eigenvalue weighted by atomic mass is 32.2. The van der Waals surface area contributed by atoms with Crippen molar-refractivity contribution in [2.24, 2.45) is 0 Å². The SMILES string of the molecule is CCOc1ccc(C(=O)NC2CCN(S(=O)(=O)c3cccs3)CC2)cc1. The zero-order valence-corrected chi connectivity index (χ0v) is 16.2. The number of piperidine rings is 1. The molecule has 6 nitrogen and oxygen atoms in total. The Morgan fingerprint density at radius 2 is 1.92 bits per heavy atom. The van der Waals surface area contributed by atoms with E-state index in [0.717, 1.165) is 5.75 Å². The van der Waals surface area contributed by atoms with Gasteiger partial charge >= 0.3 is 0 Å². The van der Waals surface area contributed by atoms with Gasteiger partial charge in [0.05, 0.1) is 6.61 Å². The first kappa shape index (κ1) is 18.9. The number of amides is 1. The van der Waals surface area contributed by atoms with Gasteiger partial charge in [0.25, 0.3) is 15.9 Å². The van der Waals surface area contributed by atoms with E-state index in [0.29, 0.717) is 42.3 Å². The van der Waals surface area contributed by atoms with Gasteiger partial charge in [0.15, 0.2) is 0 Å². The van der Waals surface area contributed by atoms with E-state index >= 15 is 0 Å². The Kier molecular flexibility index (Phi) is 5.95. The number of thiophene rings is 1. The smallest absolute Gasteiger partial charge is 0.252 e. The second-order valence-corrected chi connectivity index (χ2v) is 9.15. The fourth-order valence-electron chi connectivity index (χ4n) is 2.92. The number of benzene rings is 1. The maximum atomic E-state index is 12.5. The molecule has 26 heavy (non-hydrogen) atoms. The Balaban J connectivity index is 1.54. The van der Waals surface area contributed by atoms with Gasteiger partial charge in [0, 0.05) is 24.7 Å². The van der Waals surface area contributed by atoms with Crippen LogP contribution in [0.5, 0.6) is 5.75 Å². The molecule has 140 valence electrons. The molecule has 1 aliphatic rings. The summed E-state index contributed by atoms with van der Waals surface area (Å²) in [7, 11) is -3.41. The first-order valence-electron chi connectivity index (χ1n) is 8.58. The first-order chi connectivity index (χ1) is 12.5. The van der Waals surface area contributed by atoms with E-state index in [9.17, 15) is 13.2 Å². The lowest BCUT2D eigenvalue weighted by Gasteiger charge is -2.31. The molecule has 3 rings (SSSR count). The zero-order valence-electron chi connectivity index (χ0n) is 14.6. The van der Waals surface area contributed by atoms with Crippen LogP contribution in [-0.2, 0) is 10.0 Å². The second-order valence-electron chi connectivity index (χ2n) is 6.04. The van der Waals surface area contributed by atoms with Crippen LogP contribution in [0.4, 0.5) is 0 Å². The van der Waals surface area contributed by atoms with Crippen LogP contribution in [0.3, 0.4) is 0 Å². The molecule has 0 atom stereocenters. The number of sulfonamides is 1. The lowest BCUT2D eigenvalue weighted by atomic mass is 10.1. The fourth-order valence-corrected chi connectivity index (χ4v) is 5.53. The number of hydrogen-bond acceptors (Lipinski definition) is 5. The van der Waals surface area contributed by atoms with E-state index in [1.807, 2.05) is 6.92 Å². The molecule has 1 aliphatic heterocycles. The molecule has 0 saturated carbocycles. The molecule has 1 fully saturated rings. The normalized spacial score (nSPS) is 16.3. The summed E-state index contributed by atoms with van der Waals surface area (Å²) in [5, 5.41) is 4.76. The van der Waals surface area contributed by atoms with Gasteiger partial charge in [-0.25, -0.2) is 8.42 Å². The van der Waals surface area contributed by atoms with E-state index in [4.69, 9.17) is 4.74 Å². The fraction of sp³-hybridized carbons (Fsp3) is 0.389. The number of ether oxygens (including phenoxy) is 1. The van der Waals surface area contributed by atoms with Crippen molar-refractivity contribution in [3.8, 4) is 5.75 Å². The molecule has 8 heteroatoms. The topological polar surface area (TPSA) is 75.7 Å². The Labute approximate surface area is 157 Å². The van der Waals surface area contributed by atoms with Crippen molar-refractivity contribution >= 4 is 27.3 Å². The molecule has 1 aromatic heterocycles. The van der Waals surface area contributed by atoms with Crippen LogP contribution >= 0.6 is 11.3 Å². The Morgan fingerprint density at radius 1 is 1.23 bits per heavy atom. The van der Waals surface area contributed by atoms with Gasteiger partial charge in [0.1, 0.15) is 9.96 Å². The predicted molar refractivity (Wildman–Crippen MR) is 101 cm³/mol. The van der Waals surface area contributed by atoms with Gasteiger partial charge in [-0.3, -0.25) is 4.79 Å². The molecule has 0 bridgehead atoms. The van der Waals surface area contributed by atoms with Gasteiger partial charge in [-0.2, -0.15) is 4.31 Å². The van der Waals surface area contributed by atoms with E-state index in [1.165, 1.54) is 15.6 Å². The molecular weight excluding hydrogens is 372 g/mol. The molecule has 0 spiro atoms. The minimum absolute atomic E-state index is 0.0242. The number of carbonyl (C=O) groups is 1. The maximum absolute atomic E-state index is 12.5. The van der Waals surface area contributed by atoms with Crippen LogP contribution in [0, 0.1) is 0 Å². The predicted octanol–water partition coefficient (Wildman–Crippen LogP) is 2.73. The van der Waals surface area contributed by atoms with E-state index in [2.05, 4.69) is 5.32 Å². The molecule has 1 N–H and O–H groups in total. The van der Waals surface area contributed by atoms with Gasteiger partial charge in [-0.15, -0.1) is 11.3 Å². The van der Waals surface area contributed by atoms with E-state index in [1.54, 1.807) is 41.8 Å². The van der Waals surface area contributed by atoms with Crippen LogP contribution in [0.2, 0.25) is 0 Å². The lowest BCUT2D eigenvalue weighted by Crippen LogP contribution is -2.46. The number of nitrogens with one attached hydrogen (secondary N) is 1. The summed E-state index contributed by atoms with van der Waals surface area (Å²) >= 11 is 1.23. The average molecular weight is 395 g/mol. The summed E-state index contributed by atoms with van der Waals surface area (Å²) in [6.45, 7) is 3.31. The number of carbonyl (C=O) groups excluding carboxylic acids is 1. The summed E-state index contributed by atoms with van der Waals surface area (Å²) in [6.07, 6.45) is 1.21. The molecule has 2 aromatic rings. The minimum Gasteiger partial charge on any atom is -0.494 e. The van der Waals surface area contributed by atoms with Crippen molar-refractivity contribution in [3.05, 3.63) is 47.3 Å². The monoisotopic (exact) mass is 394 g/mol. The highest BCUT2D eigenvalue weighted by Crippen LogP contribution is 2.24. The second kappa shape index (κ2) is 8.20. The number of rotatable bonds is 6. The van der Waals surface area contributed by atoms with Crippen molar-refractivity contribution in [3.63, 3.8) is 0 Å². The molecule has 1 aromatic carbocycles. The summed E-state index contributed by atoms with van der Waals surface area (Å²) in [6, 6.07) is 10.3. The third-order valence-electron chi connectivity index (χ3n) is 4.31. The van der Waals surface area contributed by atoms with Crippen molar-refractivity contribution in [2.75, 3.05) is 19.7 Å². The highest BCUT2D eigenvalue weighted by molar-refractivity contribution is 7.91. The molecular formula is C18H22N2O4S2. The van der Waals surface area contributed by atoms with Crippen LogP contribution in [0.25, 0.3) is 0 Å². The van der Waals surface area contributed by atoms with Crippen LogP contribution in [0.1, 0.15) is 30.1 Å². The standard InChI is InChI=1S/C18H22N2O4S2/c1-2-24-16-7-5-14(6-8-16)18(21)19-15-9-11-20(12-10-15)26(22,23)17-4-3-13-25-17/h3-8,13,15H,2,9-12H2,1H3,(H,19,21). The number of hydrogen-bond donors (Lipinski definition) is 1. The van der Waals surface area contributed by atoms with Crippen LogP contribution in [0.15, 0.2) is 46.0 Å². The average Bonchev–Trinajstić information content (AvgIpc) is 3.19. The van der Waals surface area contributed by atoms with E-state index in [-0.39, 0.29) is 11.9 Å². The summed E-state index contributed by atoms with van der Waals surface area (Å²) in [4.78, 5) is 12.4. The van der Waals surface area contributed by atoms with Gasteiger partial charge < -0.3 is 10.1 Å². The van der Waals surface area contributed by atoms with Crippen molar-refractivity contribution in [1.29, 1.82) is 0 Å². The third kappa shape index (κ3) is 4.25. The molecule has 0 radical (unpaired) electrons. The van der Waals surface area contributed by atoms with Crippen molar-refractivity contribution in [2.45, 2.75) is 30.0 Å². The molecule has 2 heterocycles. The van der Waals surface area contributed by atoms with Gasteiger partial charge in [-0.05, 0) is 55.5 Å². The largest absolute Gasteiger partial charge is 0.494 e. The summed E-state index contributed by atoms with van der Waals surface area (Å²) in [5.74, 6) is 0.587. The van der Waals surface area contributed by atoms with Gasteiger partial charge in [-0.1, -0.05) is 6.07 Å². The Hall–Kier alpha value is -1.90. The lowest BCUT2D eigenvalue weighted by molar-refractivity contribution is 0.0924. The van der Waals surface area contributed by atoms with E-state index < -0.39 is 10.0 Å². The molecule has 0 unspecified atom stereocenters. The third-order valence-corrected chi connectivity index (χ3v) is 7.58. The van der Waals surface area contributed by atoms with Crippen molar-refractivity contribution in [1.82, 2.24) is 9.62 Å². The maximum Gasteiger partial charge on any atom is 0.252 e. The Morgan fingerprint density at radius 3 is 2.50 bits per heavy atom. The molecule has 1 amide bonds. The number of nitrogens with zero attached hydrogens (tertiary/aromatic N) is 1. The Bertz CT molecular complexity index is 825. The quantitative estimate of drug-likeness (QED) is 0.817. The van der Waals surface area contributed by atoms with Crippen LogP contribution < -0.4 is 10.1 Å². The van der Waals surface area contributed by atoms with Gasteiger partial charge in [0.2, 0.25) is 0 Å². The van der Waals surface area contributed by atoms with Crippen molar-refractivity contribution < 1.29 is 17.9 Å². The first-order valence-corrected chi connectivity index (χ1v) is 10.9. The summed E-state index contributed by atoms with van der Waals surface area (Å²) in [5.41, 5.74) is 0.571. The molecule has 1 saturated heterocycles. The summed E-state index contributed by atoms with van der Waals surface area (Å²) < 4.78 is 32.3. The van der Waals surface area contributed by atoms with Crippen LogP contribution in [-0.4, -0.2) is 44.4 Å². The minimum atomic E-state index is -3.41. The highest BCUT2D eigenvalue weighted by Gasteiger charge is 2.30. The zero-order chi connectivity index (χ0) is 18.6.